The lowest BCUT2D eigenvalue weighted by Crippen LogP contribution is -2.45. The number of nitrogen functional groups attached to an aromatic ring is 1. The van der Waals surface area contributed by atoms with E-state index in [0.717, 1.165) is 17.6 Å². The molecule has 2 heterocycles. The lowest BCUT2D eigenvalue weighted by atomic mass is 9.98. The third kappa shape index (κ3) is 5.15. The minimum Gasteiger partial charge on any atom is -0.384 e. The number of ether oxygens (including phenoxy) is 1. The monoisotopic (exact) mass is 447 g/mol. The molecule has 0 unspecified atom stereocenters. The average molecular weight is 448 g/mol. The zero-order valence-electron chi connectivity index (χ0n) is 19.5. The summed E-state index contributed by atoms with van der Waals surface area (Å²) in [7, 11) is 0. The van der Waals surface area contributed by atoms with Gasteiger partial charge in [0.05, 0.1) is 24.2 Å². The Labute approximate surface area is 194 Å². The van der Waals surface area contributed by atoms with Gasteiger partial charge in [0.15, 0.2) is 0 Å². The first-order chi connectivity index (χ1) is 16.0. The fourth-order valence-corrected chi connectivity index (χ4v) is 4.78. The third-order valence-electron chi connectivity index (χ3n) is 6.63. The molecule has 1 saturated heterocycles. The second kappa shape index (κ2) is 10.3. The van der Waals surface area contributed by atoms with Crippen LogP contribution in [0, 0.1) is 5.41 Å². The predicted octanol–water partition coefficient (Wildman–Crippen LogP) is 3.63. The van der Waals surface area contributed by atoms with Crippen molar-refractivity contribution in [1.82, 2.24) is 14.5 Å². The van der Waals surface area contributed by atoms with Crippen LogP contribution in [0.15, 0.2) is 53.3 Å². The third-order valence-corrected chi connectivity index (χ3v) is 6.63. The Balaban J connectivity index is 1.52. The van der Waals surface area contributed by atoms with Crippen LogP contribution in [-0.4, -0.2) is 52.1 Å². The minimum absolute atomic E-state index is 0.0382. The van der Waals surface area contributed by atoms with Gasteiger partial charge in [-0.2, -0.15) is 0 Å². The first kappa shape index (κ1) is 23.1. The average Bonchev–Trinajstić information content (AvgIpc) is 2.81. The fourth-order valence-electron chi connectivity index (χ4n) is 4.78. The number of fused-ring (bicyclic) bond motifs is 1. The zero-order chi connectivity index (χ0) is 23.4. The van der Waals surface area contributed by atoms with E-state index in [-0.39, 0.29) is 11.4 Å². The van der Waals surface area contributed by atoms with E-state index in [1.807, 2.05) is 30.3 Å². The van der Waals surface area contributed by atoms with Gasteiger partial charge in [-0.3, -0.25) is 15.1 Å². The predicted molar refractivity (Wildman–Crippen MR) is 133 cm³/mol. The molecule has 2 aromatic carbocycles. The number of likely N-dealkylation sites (tertiary alicyclic amines) is 1. The lowest BCUT2D eigenvalue weighted by molar-refractivity contribution is 0.0474. The van der Waals surface area contributed by atoms with Gasteiger partial charge < -0.3 is 15.0 Å². The van der Waals surface area contributed by atoms with Crippen LogP contribution in [0.3, 0.4) is 0 Å². The summed E-state index contributed by atoms with van der Waals surface area (Å²) in [4.78, 5) is 20.6. The number of hydrogen-bond acceptors (Lipinski definition) is 5. The molecule has 0 saturated carbocycles. The van der Waals surface area contributed by atoms with E-state index in [1.165, 1.54) is 19.3 Å². The Morgan fingerprint density at radius 1 is 1.09 bits per heavy atom. The normalized spacial score (nSPS) is 19.1. The largest absolute Gasteiger partial charge is 0.384 e. The van der Waals surface area contributed by atoms with Crippen LogP contribution in [-0.2, 0) is 11.3 Å². The number of nitrogens with zero attached hydrogens (tertiary/aromatic N) is 3. The smallest absolute Gasteiger partial charge is 0.277 e. The first-order valence-corrected chi connectivity index (χ1v) is 11.7. The quantitative estimate of drug-likeness (QED) is 0.312. The molecule has 174 valence electrons. The van der Waals surface area contributed by atoms with Crippen LogP contribution in [0.2, 0.25) is 0 Å². The van der Waals surface area contributed by atoms with E-state index in [1.54, 1.807) is 22.8 Å². The maximum atomic E-state index is 13.4. The minimum atomic E-state index is -0.170. The van der Waals surface area contributed by atoms with Gasteiger partial charge in [-0.15, -0.1) is 0 Å². The number of para-hydroxylation sites is 2. The van der Waals surface area contributed by atoms with Crippen LogP contribution in [0.4, 0.5) is 0 Å². The van der Waals surface area contributed by atoms with Gasteiger partial charge in [0.25, 0.3) is 5.56 Å². The number of rotatable bonds is 8. The van der Waals surface area contributed by atoms with Crippen LogP contribution in [0.1, 0.15) is 38.7 Å². The summed E-state index contributed by atoms with van der Waals surface area (Å²) in [5.41, 5.74) is 8.58. The summed E-state index contributed by atoms with van der Waals surface area (Å²) >= 11 is 0. The van der Waals surface area contributed by atoms with E-state index in [4.69, 9.17) is 15.9 Å². The SMILES string of the molecule is C[C@@H]1CCC[C@H](C)N1CCOCCn1c(=O)c(-c2cccc(C(=N)N)c2)nc2ccccc21. The van der Waals surface area contributed by atoms with Crippen molar-refractivity contribution in [3.63, 3.8) is 0 Å². The van der Waals surface area contributed by atoms with E-state index in [2.05, 4.69) is 23.7 Å². The van der Waals surface area contributed by atoms with E-state index in [0.29, 0.717) is 48.7 Å². The number of piperidine rings is 1. The van der Waals surface area contributed by atoms with Crippen LogP contribution in [0.5, 0.6) is 0 Å². The van der Waals surface area contributed by atoms with Gasteiger partial charge in [0.1, 0.15) is 11.5 Å². The van der Waals surface area contributed by atoms with Gasteiger partial charge in [-0.1, -0.05) is 36.8 Å². The van der Waals surface area contributed by atoms with Gasteiger partial charge in [0, 0.05) is 36.3 Å². The molecule has 1 aromatic heterocycles. The van der Waals surface area contributed by atoms with Crippen LogP contribution in [0.25, 0.3) is 22.3 Å². The maximum Gasteiger partial charge on any atom is 0.277 e. The lowest BCUT2D eigenvalue weighted by Gasteiger charge is -2.38. The first-order valence-electron chi connectivity index (χ1n) is 11.7. The van der Waals surface area contributed by atoms with Crippen molar-refractivity contribution in [3.05, 3.63) is 64.4 Å². The van der Waals surface area contributed by atoms with E-state index in [9.17, 15) is 4.79 Å². The van der Waals surface area contributed by atoms with Gasteiger partial charge in [0.2, 0.25) is 0 Å². The number of aromatic nitrogens is 2. The molecular weight excluding hydrogens is 414 g/mol. The van der Waals surface area contributed by atoms with Crippen molar-refractivity contribution in [2.45, 2.75) is 51.7 Å². The van der Waals surface area contributed by atoms with Crippen molar-refractivity contribution in [1.29, 1.82) is 5.41 Å². The highest BCUT2D eigenvalue weighted by Gasteiger charge is 2.24. The summed E-state index contributed by atoms with van der Waals surface area (Å²) < 4.78 is 7.71. The highest BCUT2D eigenvalue weighted by Crippen LogP contribution is 2.22. The molecule has 0 amide bonds. The number of amidine groups is 1. The standard InChI is InChI=1S/C26H33N5O2/c1-18-7-5-8-19(2)30(18)13-15-33-16-14-31-23-12-4-3-11-22(23)29-24(26(31)32)20-9-6-10-21(17-20)25(27)28/h3-4,6,9-12,17-19H,5,7-8,13-16H2,1-2H3,(H3,27,28)/t18-,19+. The number of nitrogens with two attached hydrogens (primary N) is 1. The van der Waals surface area contributed by atoms with Gasteiger partial charge >= 0.3 is 0 Å². The molecule has 7 heteroatoms. The Morgan fingerprint density at radius 2 is 1.82 bits per heavy atom. The Kier molecular flexibility index (Phi) is 7.20. The van der Waals surface area contributed by atoms with Crippen molar-refractivity contribution in [2.75, 3.05) is 19.8 Å². The van der Waals surface area contributed by atoms with Gasteiger partial charge in [-0.25, -0.2) is 4.98 Å². The molecule has 2 atom stereocenters. The molecule has 4 rings (SSSR count). The fraction of sp³-hybridized carbons (Fsp3) is 0.423. The molecule has 0 aliphatic carbocycles. The zero-order valence-corrected chi connectivity index (χ0v) is 19.5. The number of hydrogen-bond donors (Lipinski definition) is 2. The molecule has 0 spiro atoms. The second-order valence-electron chi connectivity index (χ2n) is 8.88. The molecular formula is C26H33N5O2. The summed E-state index contributed by atoms with van der Waals surface area (Å²) in [5, 5.41) is 7.71. The topological polar surface area (TPSA) is 97.2 Å². The highest BCUT2D eigenvalue weighted by atomic mass is 16.5. The van der Waals surface area contributed by atoms with Crippen molar-refractivity contribution in [2.24, 2.45) is 5.73 Å². The molecule has 1 fully saturated rings. The van der Waals surface area contributed by atoms with Crippen LogP contribution >= 0.6 is 0 Å². The van der Waals surface area contributed by atoms with Crippen molar-refractivity contribution in [3.8, 4) is 11.3 Å². The molecule has 0 radical (unpaired) electrons. The van der Waals surface area contributed by atoms with Crippen molar-refractivity contribution >= 4 is 16.9 Å². The Hall–Kier alpha value is -3.03. The van der Waals surface area contributed by atoms with E-state index >= 15 is 0 Å². The molecule has 1 aliphatic rings. The molecule has 0 bridgehead atoms. The Morgan fingerprint density at radius 3 is 2.58 bits per heavy atom. The van der Waals surface area contributed by atoms with E-state index < -0.39 is 0 Å². The van der Waals surface area contributed by atoms with Crippen molar-refractivity contribution < 1.29 is 4.74 Å². The summed E-state index contributed by atoms with van der Waals surface area (Å²) in [5.74, 6) is -0.0382. The highest BCUT2D eigenvalue weighted by molar-refractivity contribution is 5.96. The van der Waals surface area contributed by atoms with Gasteiger partial charge in [-0.05, 0) is 44.9 Å². The Bertz CT molecular complexity index is 1180. The summed E-state index contributed by atoms with van der Waals surface area (Å²) in [6.45, 7) is 7.06. The molecule has 33 heavy (non-hydrogen) atoms. The summed E-state index contributed by atoms with van der Waals surface area (Å²) in [6.07, 6.45) is 3.79. The second-order valence-corrected chi connectivity index (χ2v) is 8.88. The molecule has 7 nitrogen and oxygen atoms in total. The number of nitrogens with one attached hydrogen (secondary N) is 1. The van der Waals surface area contributed by atoms with Crippen LogP contribution < -0.4 is 11.3 Å². The summed E-state index contributed by atoms with van der Waals surface area (Å²) in [6, 6.07) is 15.9. The maximum absolute atomic E-state index is 13.4. The molecule has 1 aliphatic heterocycles. The molecule has 3 N–H and O–H groups in total. The number of benzene rings is 2. The molecule has 3 aromatic rings.